The molecule has 1 aromatic heterocycles. The first kappa shape index (κ1) is 18.3. The van der Waals surface area contributed by atoms with Gasteiger partial charge in [-0.1, -0.05) is 26.0 Å². The topological polar surface area (TPSA) is 66.5 Å². The molecular weight excluding hydrogens is 348 g/mol. The lowest BCUT2D eigenvalue weighted by molar-refractivity contribution is -0.130. The molecule has 0 spiro atoms. The predicted octanol–water partition coefficient (Wildman–Crippen LogP) is 3.52. The quantitative estimate of drug-likeness (QED) is 0.625. The van der Waals surface area contributed by atoms with Gasteiger partial charge in [-0.2, -0.15) is 11.3 Å². The van der Waals surface area contributed by atoms with Crippen molar-refractivity contribution < 1.29 is 14.4 Å². The Labute approximate surface area is 157 Å². The number of nitrogens with zero attached hydrogens (tertiary/aromatic N) is 1. The van der Waals surface area contributed by atoms with Gasteiger partial charge in [-0.25, -0.2) is 4.79 Å². The third-order valence-corrected chi connectivity index (χ3v) is 5.62. The Morgan fingerprint density at radius 3 is 2.58 bits per heavy atom. The molecule has 3 rings (SSSR count). The predicted molar refractivity (Wildman–Crippen MR) is 101 cm³/mol. The van der Waals surface area contributed by atoms with Gasteiger partial charge in [0.2, 0.25) is 0 Å². The van der Waals surface area contributed by atoms with E-state index in [2.05, 4.69) is 5.32 Å². The highest BCUT2D eigenvalue weighted by atomic mass is 32.1. The van der Waals surface area contributed by atoms with Crippen molar-refractivity contribution in [1.82, 2.24) is 10.2 Å². The van der Waals surface area contributed by atoms with E-state index in [0.29, 0.717) is 5.56 Å². The van der Waals surface area contributed by atoms with Crippen LogP contribution in [-0.2, 0) is 23.2 Å². The average molecular weight is 370 g/mol. The van der Waals surface area contributed by atoms with Crippen LogP contribution in [0.15, 0.2) is 35.0 Å². The van der Waals surface area contributed by atoms with Crippen molar-refractivity contribution in [1.29, 1.82) is 0 Å². The molecule has 5 nitrogen and oxygen atoms in total. The summed E-state index contributed by atoms with van der Waals surface area (Å²) in [5, 5.41) is 6.43. The zero-order chi connectivity index (χ0) is 18.9. The number of carbonyl (C=O) groups excluding carboxylic acids is 3. The first-order valence-corrected chi connectivity index (χ1v) is 9.66. The monoisotopic (exact) mass is 370 g/mol. The van der Waals surface area contributed by atoms with Crippen molar-refractivity contribution in [2.24, 2.45) is 0 Å². The van der Waals surface area contributed by atoms with Crippen LogP contribution >= 0.6 is 11.3 Å². The van der Waals surface area contributed by atoms with E-state index in [1.54, 1.807) is 6.92 Å². The molecule has 0 bridgehead atoms. The van der Waals surface area contributed by atoms with Gasteiger partial charge in [0.15, 0.2) is 5.78 Å². The van der Waals surface area contributed by atoms with Gasteiger partial charge in [0.1, 0.15) is 5.54 Å². The lowest BCUT2D eigenvalue weighted by Gasteiger charge is -2.20. The molecule has 1 atom stereocenters. The molecular formula is C20H22N2O3S. The summed E-state index contributed by atoms with van der Waals surface area (Å²) in [6.45, 7) is 5.44. The summed E-state index contributed by atoms with van der Waals surface area (Å²) < 4.78 is 0. The number of amides is 3. The second kappa shape index (κ2) is 7.03. The molecule has 2 heterocycles. The van der Waals surface area contributed by atoms with Crippen LogP contribution in [0.4, 0.5) is 4.79 Å². The first-order valence-electron chi connectivity index (χ1n) is 8.72. The molecule has 6 heteroatoms. The number of hydrogen-bond donors (Lipinski definition) is 1. The van der Waals surface area contributed by atoms with E-state index in [-0.39, 0.29) is 18.2 Å². The van der Waals surface area contributed by atoms with Gasteiger partial charge in [0, 0.05) is 5.56 Å². The molecule has 0 saturated carbocycles. The molecule has 1 aromatic carbocycles. The van der Waals surface area contributed by atoms with Crippen LogP contribution < -0.4 is 5.32 Å². The van der Waals surface area contributed by atoms with Crippen molar-refractivity contribution in [2.45, 2.75) is 39.2 Å². The maximum atomic E-state index is 12.9. The van der Waals surface area contributed by atoms with E-state index in [0.717, 1.165) is 34.4 Å². The lowest BCUT2D eigenvalue weighted by Crippen LogP contribution is -2.41. The van der Waals surface area contributed by atoms with Gasteiger partial charge in [-0.3, -0.25) is 14.5 Å². The van der Waals surface area contributed by atoms with Gasteiger partial charge >= 0.3 is 6.03 Å². The number of nitrogens with one attached hydrogen (secondary N) is 1. The molecule has 2 aromatic rings. The Bertz CT molecular complexity index is 860. The molecule has 1 N–H and O–H groups in total. The minimum atomic E-state index is -1.11. The molecule has 26 heavy (non-hydrogen) atoms. The Balaban J connectivity index is 1.86. The number of benzene rings is 1. The van der Waals surface area contributed by atoms with E-state index in [1.807, 2.05) is 48.9 Å². The Morgan fingerprint density at radius 1 is 1.19 bits per heavy atom. The number of imide groups is 1. The van der Waals surface area contributed by atoms with Crippen LogP contribution in [0.3, 0.4) is 0 Å². The van der Waals surface area contributed by atoms with Crippen LogP contribution in [0.1, 0.15) is 47.8 Å². The van der Waals surface area contributed by atoms with Crippen molar-refractivity contribution in [3.05, 3.63) is 57.3 Å². The van der Waals surface area contributed by atoms with Gasteiger partial charge in [-0.15, -0.1) is 0 Å². The molecule has 3 amide bonds. The number of hydrogen-bond acceptors (Lipinski definition) is 4. The SMILES string of the molecule is CCc1ccc(CC)c(C(=O)CN2C(=O)NC(C)(c3ccsc3)C2=O)c1. The summed E-state index contributed by atoms with van der Waals surface area (Å²) in [7, 11) is 0. The van der Waals surface area contributed by atoms with E-state index in [1.165, 1.54) is 11.3 Å². The summed E-state index contributed by atoms with van der Waals surface area (Å²) in [5.74, 6) is -0.603. The number of urea groups is 1. The second-order valence-electron chi connectivity index (χ2n) is 6.58. The zero-order valence-electron chi connectivity index (χ0n) is 15.2. The Morgan fingerprint density at radius 2 is 1.96 bits per heavy atom. The summed E-state index contributed by atoms with van der Waals surface area (Å²) in [4.78, 5) is 39.2. The minimum absolute atomic E-state index is 0.213. The lowest BCUT2D eigenvalue weighted by atomic mass is 9.94. The van der Waals surface area contributed by atoms with Crippen molar-refractivity contribution in [3.63, 3.8) is 0 Å². The average Bonchev–Trinajstić information content (AvgIpc) is 3.25. The fraction of sp³-hybridized carbons (Fsp3) is 0.350. The number of ketones is 1. The van der Waals surface area contributed by atoms with Gasteiger partial charge in [0.25, 0.3) is 5.91 Å². The molecule has 1 aliphatic rings. The van der Waals surface area contributed by atoms with E-state index in [9.17, 15) is 14.4 Å². The normalized spacial score (nSPS) is 19.7. The maximum absolute atomic E-state index is 12.9. The molecule has 1 unspecified atom stereocenters. The minimum Gasteiger partial charge on any atom is -0.319 e. The first-order chi connectivity index (χ1) is 12.4. The summed E-state index contributed by atoms with van der Waals surface area (Å²) in [5.41, 5.74) is 2.20. The largest absolute Gasteiger partial charge is 0.325 e. The molecule has 0 aliphatic carbocycles. The van der Waals surface area contributed by atoms with Crippen LogP contribution in [0.5, 0.6) is 0 Å². The van der Waals surface area contributed by atoms with E-state index in [4.69, 9.17) is 0 Å². The molecule has 136 valence electrons. The zero-order valence-corrected chi connectivity index (χ0v) is 16.0. The van der Waals surface area contributed by atoms with Crippen molar-refractivity contribution in [2.75, 3.05) is 6.54 Å². The fourth-order valence-electron chi connectivity index (χ4n) is 3.23. The van der Waals surface area contributed by atoms with Crippen molar-refractivity contribution >= 4 is 29.1 Å². The Hall–Kier alpha value is -2.47. The highest BCUT2D eigenvalue weighted by Gasteiger charge is 2.49. The van der Waals surface area contributed by atoms with Gasteiger partial charge in [0.05, 0.1) is 6.54 Å². The van der Waals surface area contributed by atoms with Gasteiger partial charge in [-0.05, 0) is 59.3 Å². The number of thiophene rings is 1. The van der Waals surface area contributed by atoms with Crippen molar-refractivity contribution in [3.8, 4) is 0 Å². The Kier molecular flexibility index (Phi) is 4.96. The van der Waals surface area contributed by atoms with Crippen LogP contribution in [-0.4, -0.2) is 29.2 Å². The van der Waals surface area contributed by atoms with E-state index < -0.39 is 11.6 Å². The fourth-order valence-corrected chi connectivity index (χ4v) is 3.99. The molecule has 1 fully saturated rings. The maximum Gasteiger partial charge on any atom is 0.325 e. The van der Waals surface area contributed by atoms with Gasteiger partial charge < -0.3 is 5.32 Å². The molecule has 1 saturated heterocycles. The summed E-state index contributed by atoms with van der Waals surface area (Å²) >= 11 is 1.46. The van der Waals surface area contributed by atoms with Crippen LogP contribution in [0.25, 0.3) is 0 Å². The summed E-state index contributed by atoms with van der Waals surface area (Å²) in [6.07, 6.45) is 1.54. The number of aryl methyl sites for hydroxylation is 2. The third kappa shape index (κ3) is 3.05. The van der Waals surface area contributed by atoms with Crippen LogP contribution in [0, 0.1) is 0 Å². The van der Waals surface area contributed by atoms with E-state index >= 15 is 0 Å². The third-order valence-electron chi connectivity index (χ3n) is 4.94. The number of carbonyl (C=O) groups is 3. The highest BCUT2D eigenvalue weighted by molar-refractivity contribution is 7.08. The standard InChI is InChI=1S/C20H22N2O3S/c1-4-13-6-7-14(5-2)16(10-13)17(23)11-22-18(24)20(3,21-19(22)25)15-8-9-26-12-15/h6-10,12H,4-5,11H2,1-3H3,(H,21,25). The number of Topliss-reactive ketones (excluding diaryl/α,β-unsaturated/α-hetero) is 1. The van der Waals surface area contributed by atoms with Crippen LogP contribution in [0.2, 0.25) is 0 Å². The summed E-state index contributed by atoms with van der Waals surface area (Å²) in [6, 6.07) is 7.12. The molecule has 1 aliphatic heterocycles. The highest BCUT2D eigenvalue weighted by Crippen LogP contribution is 2.30. The second-order valence-corrected chi connectivity index (χ2v) is 7.36. The smallest absolute Gasteiger partial charge is 0.319 e. The number of rotatable bonds is 6. The molecule has 0 radical (unpaired) electrons.